The Morgan fingerprint density at radius 2 is 1.37 bits per heavy atom. The van der Waals surface area contributed by atoms with Crippen molar-refractivity contribution in [3.63, 3.8) is 0 Å². The van der Waals surface area contributed by atoms with Gasteiger partial charge in [-0.3, -0.25) is 23.5 Å². The quantitative estimate of drug-likeness (QED) is 0.0386. The van der Waals surface area contributed by atoms with Crippen LogP contribution in [-0.4, -0.2) is 153 Å². The number of nitrogens with zero attached hydrogens (tertiary/aromatic N) is 8. The Morgan fingerprint density at radius 1 is 0.755 bits per heavy atom. The van der Waals surface area contributed by atoms with Crippen molar-refractivity contribution >= 4 is 113 Å². The molecule has 0 spiro atoms. The summed E-state index contributed by atoms with van der Waals surface area (Å²) in [5.74, 6) is 0.0582. The van der Waals surface area contributed by atoms with E-state index < -0.39 is 99.2 Å². The van der Waals surface area contributed by atoms with E-state index >= 15 is 0 Å². The van der Waals surface area contributed by atoms with Crippen LogP contribution in [0.5, 0.6) is 0 Å². The van der Waals surface area contributed by atoms with Gasteiger partial charge in [0, 0.05) is 44.7 Å². The van der Waals surface area contributed by atoms with Gasteiger partial charge in [-0.05, 0) is 127 Å². The Labute approximate surface area is 563 Å². The molecule has 6 aromatic rings. The third kappa shape index (κ3) is 16.2. The van der Waals surface area contributed by atoms with Crippen LogP contribution in [0.2, 0.25) is 61.9 Å². The highest BCUT2D eigenvalue weighted by atomic mass is 32.5. The summed E-state index contributed by atoms with van der Waals surface area (Å²) in [6, 6.07) is 20.8. The highest BCUT2D eigenvalue weighted by Crippen LogP contribution is 2.59. The maximum Gasteiger partial charge on any atom is 0.407 e. The first kappa shape index (κ1) is 71.7. The highest BCUT2D eigenvalue weighted by Gasteiger charge is 2.58. The molecule has 508 valence electrons. The van der Waals surface area contributed by atoms with Crippen molar-refractivity contribution in [3.05, 3.63) is 108 Å². The molecule has 3 amide bonds. The maximum atomic E-state index is 14.3. The lowest BCUT2D eigenvalue weighted by Gasteiger charge is -2.41. The Hall–Kier alpha value is -5.07. The molecule has 94 heavy (non-hydrogen) atoms. The first-order valence-corrected chi connectivity index (χ1v) is 46.5. The number of rotatable bonds is 19. The topological polar surface area (TPSA) is 276 Å². The van der Waals surface area contributed by atoms with Gasteiger partial charge in [0.05, 0.1) is 49.7 Å². The summed E-state index contributed by atoms with van der Waals surface area (Å²) >= 11 is 12.6. The van der Waals surface area contributed by atoms with E-state index in [0.717, 1.165) is 11.6 Å². The van der Waals surface area contributed by atoms with Gasteiger partial charge in [0.15, 0.2) is 29.1 Å². The predicted molar refractivity (Wildman–Crippen MR) is 372 cm³/mol. The average Bonchev–Trinajstić information content (AvgIpc) is 1.59. The second-order valence-electron chi connectivity index (χ2n) is 28.4. The monoisotopic (exact) mass is 1420 g/mol. The fourth-order valence-corrected chi connectivity index (χ4v) is 18.0. The lowest BCUT2D eigenvalue weighted by Crippen LogP contribution is -2.50. The zero-order chi connectivity index (χ0) is 67.8. The highest BCUT2D eigenvalue weighted by molar-refractivity contribution is 8.07. The number of hydrogen-bond donors (Lipinski definition) is 3. The zero-order valence-corrected chi connectivity index (χ0v) is 62.2. The van der Waals surface area contributed by atoms with E-state index in [-0.39, 0.29) is 54.6 Å². The minimum atomic E-state index is -4.39. The number of ether oxygens (including phenoxy) is 3. The van der Waals surface area contributed by atoms with Crippen LogP contribution in [0, 0.1) is 11.3 Å². The number of hydrogen-bond acceptors (Lipinski definition) is 20. The number of anilines is 2. The largest absolute Gasteiger partial charge is 0.450 e. The predicted octanol–water partition coefficient (Wildman–Crippen LogP) is 12.5. The van der Waals surface area contributed by atoms with Gasteiger partial charge in [-0.25, -0.2) is 24.7 Å². The second-order valence-corrected chi connectivity index (χ2v) is 49.3. The summed E-state index contributed by atoms with van der Waals surface area (Å²) in [6.07, 6.45) is -0.913. The molecule has 0 radical (unpaired) electrons. The van der Waals surface area contributed by atoms with Crippen molar-refractivity contribution in [3.8, 4) is 6.07 Å². The molecule has 24 nitrogen and oxygen atoms in total. The molecule has 10 atom stereocenters. The molecule has 2 bridgehead atoms. The Balaban J connectivity index is 1.06. The Morgan fingerprint density at radius 3 is 2.03 bits per heavy atom. The van der Waals surface area contributed by atoms with Gasteiger partial charge in [-0.15, -0.1) is 0 Å². The number of aromatic nitrogens is 6. The first-order chi connectivity index (χ1) is 44.3. The van der Waals surface area contributed by atoms with Crippen LogP contribution in [0.15, 0.2) is 85.7 Å². The Kier molecular flexibility index (Phi) is 22.0. The van der Waals surface area contributed by atoms with Gasteiger partial charge >= 0.3 is 19.5 Å². The molecule has 2 aromatic carbocycles. The molecule has 4 aliphatic heterocycles. The smallest absolute Gasteiger partial charge is 0.407 e. The van der Waals surface area contributed by atoms with Gasteiger partial charge in [-0.1, -0.05) is 97.6 Å². The van der Waals surface area contributed by atoms with Gasteiger partial charge in [0.1, 0.15) is 72.2 Å². The van der Waals surface area contributed by atoms with Crippen LogP contribution >= 0.6 is 13.4 Å². The van der Waals surface area contributed by atoms with Crippen LogP contribution in [-0.2, 0) is 82.1 Å². The summed E-state index contributed by atoms with van der Waals surface area (Å²) in [5.41, 5.74) is 3.28. The number of fused-ring (bicyclic) bond motifs is 4. The molecule has 2 unspecified atom stereocenters. The molecular weight excluding hydrogens is 1330 g/mol. The number of nitriles is 1. The average molecular weight is 1420 g/mol. The minimum Gasteiger partial charge on any atom is -0.450 e. The number of amides is 3. The van der Waals surface area contributed by atoms with Gasteiger partial charge in [-0.2, -0.15) is 5.26 Å². The summed E-state index contributed by atoms with van der Waals surface area (Å²) in [7, 11) is -7.13. The van der Waals surface area contributed by atoms with E-state index in [1.54, 1.807) is 45.9 Å². The number of carbonyl (C=O) groups is 3. The van der Waals surface area contributed by atoms with E-state index in [9.17, 15) is 24.5 Å². The normalized spacial score (nSPS) is 25.6. The van der Waals surface area contributed by atoms with Crippen molar-refractivity contribution in [2.45, 2.75) is 185 Å². The number of nitrogens with one attached hydrogen (secondary N) is 2. The third-order valence-corrected chi connectivity index (χ3v) is 32.9. The summed E-state index contributed by atoms with van der Waals surface area (Å²) in [4.78, 5) is 74.7. The molecule has 8 heterocycles. The molecule has 10 rings (SSSR count). The maximum absolute atomic E-state index is 14.3. The molecule has 0 aliphatic carbocycles. The van der Waals surface area contributed by atoms with E-state index in [4.69, 9.17) is 84.2 Å². The fourth-order valence-electron chi connectivity index (χ4n) is 11.2. The number of carbonyl (C=O) groups excluding carboxylic acids is 3. The first-order valence-electron chi connectivity index (χ1n) is 31.9. The van der Waals surface area contributed by atoms with Crippen LogP contribution < -0.4 is 15.5 Å². The van der Waals surface area contributed by atoms with Crippen molar-refractivity contribution < 1.29 is 65.0 Å². The number of aryl methyl sites for hydroxylation is 2. The van der Waals surface area contributed by atoms with Crippen LogP contribution in [0.1, 0.15) is 105 Å². The summed E-state index contributed by atoms with van der Waals surface area (Å²) < 4.78 is 72.5. The fraction of sp³-hybridized carbons (Fsp3) is 0.556. The summed E-state index contributed by atoms with van der Waals surface area (Å²) in [5, 5.41) is 16.3. The van der Waals surface area contributed by atoms with Crippen LogP contribution in [0.3, 0.4) is 0 Å². The number of benzene rings is 2. The van der Waals surface area contributed by atoms with E-state index in [1.807, 2.05) is 41.2 Å². The molecule has 3 saturated heterocycles. The zero-order valence-electron chi connectivity index (χ0n) is 55.7. The second kappa shape index (κ2) is 28.8. The van der Waals surface area contributed by atoms with Gasteiger partial charge in [0.2, 0.25) is 0 Å². The third-order valence-electron chi connectivity index (χ3n) is 18.3. The van der Waals surface area contributed by atoms with Crippen molar-refractivity contribution in [2.75, 3.05) is 49.7 Å². The molecule has 0 saturated carbocycles. The minimum absolute atomic E-state index is 0.0774. The van der Waals surface area contributed by atoms with Crippen molar-refractivity contribution in [1.29, 1.82) is 5.26 Å². The lowest BCUT2D eigenvalue weighted by molar-refractivity contribution is -0.0617. The van der Waals surface area contributed by atoms with E-state index in [0.29, 0.717) is 83.4 Å². The van der Waals surface area contributed by atoms with Gasteiger partial charge < -0.3 is 61.3 Å². The lowest BCUT2D eigenvalue weighted by atomic mass is 10.1. The SMILES string of the molecule is CC(C)(C)[Si](C)(C)O[C@@H]1[C@@H]2OP(O)(=S)OC[C@H]3O[C@@H](n4cc(CCCNC(=O)OCC[Si](C)(C)C)c5c(NC(=O)c6ccccc6)ncnc54)[C@H](OP(=S)(OCCC#N)OC[C@H]2O[C@H]1n1cc2c4c(ncnc41)N(C(=O)c1ccccc1)CCC2)[C@@H]3O[Si](C)(C)C(C)(C)C. The van der Waals surface area contributed by atoms with Crippen molar-refractivity contribution in [1.82, 2.24) is 34.4 Å². The summed E-state index contributed by atoms with van der Waals surface area (Å²) in [6.45, 7) is 19.2. The molecule has 31 heteroatoms. The van der Waals surface area contributed by atoms with Crippen LogP contribution in [0.25, 0.3) is 22.1 Å². The Bertz CT molecular complexity index is 3870. The molecule has 4 aliphatic rings. The molecule has 3 N–H and O–H groups in total. The molecule has 3 fully saturated rings. The standard InChI is InChI=1S/C63H88N10O14P2S2Si3/c1-62(2,3)93(10,11)86-50-46-37-80-88(77,90)84-49-45(82-60(52(49)87-94(12,13)63(4,5)6)73-36-44-28-21-31-71(55-48(44)56(73)69-40-68-55)58(75)42-25-18-15-19-26-42)38-81-89(91,79-32-22-29-64)85-51(50)59(83-46)72-35-43(27-20-30-65-61(76)78-33-34-92(7,8)9)47-53(66-39-67-54(47)72)70-57(74)41-23-16-14-17-24-41/h14-19,23-26,35-36,39-40,45-46,49-52,59-60H,20-22,27-28,30-34,37-38H2,1-13H3,(H,65,76)(H,77,90)(H,66,67,70,74)/t45-,46-,49-,50-,51-,52-,59-,60-,88?,89?/m1/s1. The molecule has 4 aromatic heterocycles. The van der Waals surface area contributed by atoms with Gasteiger partial charge in [0.25, 0.3) is 11.8 Å². The van der Waals surface area contributed by atoms with Crippen LogP contribution in [0.4, 0.5) is 16.4 Å². The van der Waals surface area contributed by atoms with E-state index in [1.165, 1.54) is 12.7 Å². The number of alkyl carbamates (subject to hydrolysis) is 1. The van der Waals surface area contributed by atoms with E-state index in [2.05, 4.69) is 109 Å². The van der Waals surface area contributed by atoms with Crippen molar-refractivity contribution in [2.24, 2.45) is 0 Å². The molecular formula is C63H88N10O14P2S2Si3.